The Morgan fingerprint density at radius 1 is 1.22 bits per heavy atom. The normalized spacial score (nSPS) is 11.8. The summed E-state index contributed by atoms with van der Waals surface area (Å²) in [4.78, 5) is 11.6. The average Bonchev–Trinajstić information content (AvgIpc) is 2.56. The monoisotopic (exact) mass is 256 g/mol. The lowest BCUT2D eigenvalue weighted by Crippen LogP contribution is -2.12. The minimum Gasteiger partial charge on any atom is -0.295 e. The van der Waals surface area contributed by atoms with Crippen LogP contribution in [0.5, 0.6) is 0 Å². The van der Waals surface area contributed by atoms with E-state index in [0.717, 1.165) is 10.7 Å². The van der Waals surface area contributed by atoms with E-state index in [1.54, 1.807) is 0 Å². The number of alkyl halides is 3. The molecule has 0 amide bonds. The first-order valence-corrected chi connectivity index (χ1v) is 5.24. The maximum atomic E-state index is 12.9. The van der Waals surface area contributed by atoms with E-state index in [-0.39, 0.29) is 22.4 Å². The molecule has 1 aromatic carbocycles. The highest BCUT2D eigenvalue weighted by Crippen LogP contribution is 2.36. The predicted molar refractivity (Wildman–Crippen MR) is 61.2 cm³/mol. The quantitative estimate of drug-likeness (QED) is 0.837. The van der Waals surface area contributed by atoms with E-state index in [1.807, 2.05) is 0 Å². The standard InChI is InChI=1S/C12H11F3N2O/c1-7-10(16-17(2)11(7)18)8-5-3-4-6-9(8)12(13,14)15/h3-6,16H,1-2H3. The first-order chi connectivity index (χ1) is 8.32. The Balaban J connectivity index is 2.72. The van der Waals surface area contributed by atoms with Gasteiger partial charge in [0.1, 0.15) is 0 Å². The van der Waals surface area contributed by atoms with E-state index in [1.165, 1.54) is 32.2 Å². The molecule has 0 saturated carbocycles. The third kappa shape index (κ3) is 1.94. The number of H-pyrrole nitrogens is 1. The second kappa shape index (κ2) is 4.04. The van der Waals surface area contributed by atoms with Crippen LogP contribution in [0.2, 0.25) is 0 Å². The molecule has 1 N–H and O–H groups in total. The highest BCUT2D eigenvalue weighted by atomic mass is 19.4. The van der Waals surface area contributed by atoms with Gasteiger partial charge in [-0.3, -0.25) is 14.6 Å². The van der Waals surface area contributed by atoms with Crippen LogP contribution in [0, 0.1) is 6.92 Å². The van der Waals surface area contributed by atoms with Gasteiger partial charge in [-0.15, -0.1) is 0 Å². The predicted octanol–water partition coefficient (Wildman–Crippen LogP) is 2.71. The van der Waals surface area contributed by atoms with Gasteiger partial charge in [-0.05, 0) is 13.0 Å². The number of hydrogen-bond acceptors (Lipinski definition) is 1. The molecule has 0 atom stereocenters. The van der Waals surface area contributed by atoms with Gasteiger partial charge >= 0.3 is 6.18 Å². The van der Waals surface area contributed by atoms with Crippen LogP contribution in [0.4, 0.5) is 13.2 Å². The second-order valence-electron chi connectivity index (χ2n) is 4.02. The van der Waals surface area contributed by atoms with Crippen molar-refractivity contribution in [1.29, 1.82) is 0 Å². The lowest BCUT2D eigenvalue weighted by atomic mass is 10.0. The molecule has 0 saturated heterocycles. The molecule has 18 heavy (non-hydrogen) atoms. The van der Waals surface area contributed by atoms with Crippen LogP contribution < -0.4 is 5.56 Å². The van der Waals surface area contributed by atoms with Crippen LogP contribution in [0.25, 0.3) is 11.3 Å². The van der Waals surface area contributed by atoms with Crippen LogP contribution in [0.1, 0.15) is 11.1 Å². The zero-order valence-electron chi connectivity index (χ0n) is 9.80. The molecule has 0 radical (unpaired) electrons. The first kappa shape index (κ1) is 12.5. The Kier molecular flexibility index (Phi) is 2.80. The number of hydrogen-bond donors (Lipinski definition) is 1. The summed E-state index contributed by atoms with van der Waals surface area (Å²) in [7, 11) is 1.47. The molecule has 96 valence electrons. The largest absolute Gasteiger partial charge is 0.417 e. The summed E-state index contributed by atoms with van der Waals surface area (Å²) in [6.45, 7) is 1.50. The highest BCUT2D eigenvalue weighted by Gasteiger charge is 2.34. The SMILES string of the molecule is Cc1c(-c2ccccc2C(F)(F)F)[nH]n(C)c1=O. The lowest BCUT2D eigenvalue weighted by molar-refractivity contribution is -0.137. The van der Waals surface area contributed by atoms with Crippen molar-refractivity contribution in [3.05, 3.63) is 45.7 Å². The van der Waals surface area contributed by atoms with Crippen molar-refractivity contribution in [3.63, 3.8) is 0 Å². The van der Waals surface area contributed by atoms with E-state index in [4.69, 9.17) is 0 Å². The molecule has 3 nitrogen and oxygen atoms in total. The van der Waals surface area contributed by atoms with E-state index in [0.29, 0.717) is 0 Å². The Bertz CT molecular complexity index is 638. The summed E-state index contributed by atoms with van der Waals surface area (Å²) in [6, 6.07) is 5.18. The summed E-state index contributed by atoms with van der Waals surface area (Å²) in [6.07, 6.45) is -4.45. The Hall–Kier alpha value is -1.98. The lowest BCUT2D eigenvalue weighted by Gasteiger charge is -2.11. The van der Waals surface area contributed by atoms with Crippen molar-refractivity contribution >= 4 is 0 Å². The van der Waals surface area contributed by atoms with Crippen molar-refractivity contribution in [1.82, 2.24) is 9.78 Å². The van der Waals surface area contributed by atoms with Crippen molar-refractivity contribution in [2.75, 3.05) is 0 Å². The minimum absolute atomic E-state index is 0.0137. The fourth-order valence-corrected chi connectivity index (χ4v) is 1.87. The smallest absolute Gasteiger partial charge is 0.295 e. The Morgan fingerprint density at radius 2 is 1.83 bits per heavy atom. The summed E-state index contributed by atoms with van der Waals surface area (Å²) in [5, 5.41) is 2.65. The molecule has 0 bridgehead atoms. The van der Waals surface area contributed by atoms with Gasteiger partial charge in [0.25, 0.3) is 5.56 Å². The van der Waals surface area contributed by atoms with Crippen molar-refractivity contribution in [3.8, 4) is 11.3 Å². The number of nitrogens with one attached hydrogen (secondary N) is 1. The molecule has 2 rings (SSSR count). The Morgan fingerprint density at radius 3 is 2.33 bits per heavy atom. The maximum absolute atomic E-state index is 12.9. The van der Waals surface area contributed by atoms with E-state index >= 15 is 0 Å². The van der Waals surface area contributed by atoms with Gasteiger partial charge in [0.15, 0.2) is 0 Å². The second-order valence-corrected chi connectivity index (χ2v) is 4.02. The minimum atomic E-state index is -4.45. The maximum Gasteiger partial charge on any atom is 0.417 e. The van der Waals surface area contributed by atoms with E-state index in [2.05, 4.69) is 5.10 Å². The molecular formula is C12H11F3N2O. The number of rotatable bonds is 1. The zero-order valence-corrected chi connectivity index (χ0v) is 9.80. The third-order valence-corrected chi connectivity index (χ3v) is 2.78. The molecule has 0 aliphatic rings. The number of benzene rings is 1. The summed E-state index contributed by atoms with van der Waals surface area (Å²) < 4.78 is 39.8. The van der Waals surface area contributed by atoms with Crippen molar-refractivity contribution < 1.29 is 13.2 Å². The van der Waals surface area contributed by atoms with Crippen LogP contribution in [0.15, 0.2) is 29.1 Å². The molecule has 2 aromatic rings. The first-order valence-electron chi connectivity index (χ1n) is 5.24. The van der Waals surface area contributed by atoms with Crippen LogP contribution in [-0.2, 0) is 13.2 Å². The van der Waals surface area contributed by atoms with Crippen LogP contribution >= 0.6 is 0 Å². The summed E-state index contributed by atoms with van der Waals surface area (Å²) in [5.41, 5.74) is -0.623. The highest BCUT2D eigenvalue weighted by molar-refractivity contribution is 5.67. The fourth-order valence-electron chi connectivity index (χ4n) is 1.87. The van der Waals surface area contributed by atoms with E-state index < -0.39 is 11.7 Å². The fraction of sp³-hybridized carbons (Fsp3) is 0.250. The molecule has 0 aliphatic heterocycles. The van der Waals surface area contributed by atoms with Crippen molar-refractivity contribution in [2.45, 2.75) is 13.1 Å². The molecule has 0 aliphatic carbocycles. The van der Waals surface area contributed by atoms with Gasteiger partial charge in [-0.25, -0.2) is 0 Å². The summed E-state index contributed by atoms with van der Waals surface area (Å²) >= 11 is 0. The molecule has 1 aromatic heterocycles. The van der Waals surface area contributed by atoms with Crippen LogP contribution in [0.3, 0.4) is 0 Å². The topological polar surface area (TPSA) is 37.8 Å². The number of aromatic nitrogens is 2. The van der Waals surface area contributed by atoms with Gasteiger partial charge in [0.2, 0.25) is 0 Å². The molecule has 0 fully saturated rings. The van der Waals surface area contributed by atoms with E-state index in [9.17, 15) is 18.0 Å². The van der Waals surface area contributed by atoms with Gasteiger partial charge in [0, 0.05) is 18.2 Å². The van der Waals surface area contributed by atoms with Gasteiger partial charge in [-0.1, -0.05) is 18.2 Å². The number of halogens is 3. The van der Waals surface area contributed by atoms with Crippen molar-refractivity contribution in [2.24, 2.45) is 7.05 Å². The Labute approximate surface area is 101 Å². The average molecular weight is 256 g/mol. The van der Waals surface area contributed by atoms with Gasteiger partial charge in [-0.2, -0.15) is 13.2 Å². The van der Waals surface area contributed by atoms with Gasteiger partial charge in [0.05, 0.1) is 11.3 Å². The molecule has 6 heteroatoms. The molecule has 0 spiro atoms. The number of nitrogens with zero attached hydrogens (tertiary/aromatic N) is 1. The zero-order chi connectivity index (χ0) is 13.5. The number of aryl methyl sites for hydroxylation is 1. The molecule has 1 heterocycles. The van der Waals surface area contributed by atoms with Gasteiger partial charge < -0.3 is 0 Å². The van der Waals surface area contributed by atoms with Crippen LogP contribution in [-0.4, -0.2) is 9.78 Å². The molecular weight excluding hydrogens is 245 g/mol. The third-order valence-electron chi connectivity index (χ3n) is 2.78. The summed E-state index contributed by atoms with van der Waals surface area (Å²) in [5.74, 6) is 0. The number of aromatic amines is 1. The molecule has 0 unspecified atom stereocenters.